The van der Waals surface area contributed by atoms with Crippen molar-refractivity contribution in [2.24, 2.45) is 0 Å². The molecule has 1 aliphatic rings. The van der Waals surface area contributed by atoms with Crippen LogP contribution in [-0.2, 0) is 16.1 Å². The van der Waals surface area contributed by atoms with Crippen LogP contribution in [0.4, 0.5) is 15.8 Å². The maximum Gasteiger partial charge on any atom is 0.256 e. The van der Waals surface area contributed by atoms with Crippen LogP contribution in [0.25, 0.3) is 0 Å². The van der Waals surface area contributed by atoms with Gasteiger partial charge in [-0.25, -0.2) is 4.39 Å². The second kappa shape index (κ2) is 10.9. The van der Waals surface area contributed by atoms with Crippen molar-refractivity contribution in [2.75, 3.05) is 24.4 Å². The predicted molar refractivity (Wildman–Crippen MR) is 140 cm³/mol. The monoisotopic (exact) mass is 527 g/mol. The van der Waals surface area contributed by atoms with Crippen LogP contribution in [0.15, 0.2) is 66.7 Å². The molecule has 0 bridgehead atoms. The molecule has 0 spiro atoms. The number of anilines is 2. The molecule has 1 heterocycles. The average molecular weight is 528 g/mol. The van der Waals surface area contributed by atoms with Gasteiger partial charge in [-0.05, 0) is 72.4 Å². The zero-order chi connectivity index (χ0) is 25.8. The van der Waals surface area contributed by atoms with Gasteiger partial charge in [0, 0.05) is 17.3 Å². The van der Waals surface area contributed by atoms with E-state index in [-0.39, 0.29) is 29.9 Å². The van der Waals surface area contributed by atoms with Crippen LogP contribution < -0.4 is 19.7 Å². The van der Waals surface area contributed by atoms with Crippen LogP contribution >= 0.6 is 23.8 Å². The highest BCUT2D eigenvalue weighted by Gasteiger charge is 2.44. The second-order valence-corrected chi connectivity index (χ2v) is 8.83. The molecule has 1 atom stereocenters. The first-order valence-corrected chi connectivity index (χ1v) is 11.8. The lowest BCUT2D eigenvalue weighted by Crippen LogP contribution is -2.37. The van der Waals surface area contributed by atoms with Crippen molar-refractivity contribution in [3.05, 3.63) is 83.1 Å². The van der Waals surface area contributed by atoms with Crippen LogP contribution in [0.3, 0.4) is 0 Å². The molecule has 1 N–H and O–H groups in total. The molecule has 0 aromatic heterocycles. The normalized spacial score (nSPS) is 15.3. The molecule has 0 saturated carbocycles. The number of ether oxygens (including phenoxy) is 2. The molecular weight excluding hydrogens is 505 g/mol. The average Bonchev–Trinajstić information content (AvgIpc) is 3.08. The van der Waals surface area contributed by atoms with E-state index in [9.17, 15) is 14.0 Å². The molecule has 0 radical (unpaired) electrons. The van der Waals surface area contributed by atoms with Gasteiger partial charge in [-0.2, -0.15) is 0 Å². The summed E-state index contributed by atoms with van der Waals surface area (Å²) in [5, 5.41) is 3.46. The van der Waals surface area contributed by atoms with Crippen molar-refractivity contribution in [3.8, 4) is 11.5 Å². The highest BCUT2D eigenvalue weighted by molar-refractivity contribution is 7.80. The number of hydrogen-bond acceptors (Lipinski definition) is 5. The van der Waals surface area contributed by atoms with Crippen LogP contribution in [0.5, 0.6) is 11.5 Å². The Balaban J connectivity index is 1.63. The molecule has 10 heteroatoms. The highest BCUT2D eigenvalue weighted by atomic mass is 35.5. The van der Waals surface area contributed by atoms with Gasteiger partial charge in [0.15, 0.2) is 16.6 Å². The van der Waals surface area contributed by atoms with E-state index in [1.165, 1.54) is 36.3 Å². The third-order valence-electron chi connectivity index (χ3n) is 5.69. The fraction of sp³-hybridized carbons (Fsp3) is 0.192. The van der Waals surface area contributed by atoms with Crippen molar-refractivity contribution < 1.29 is 23.5 Å². The van der Waals surface area contributed by atoms with Crippen LogP contribution in [0.1, 0.15) is 12.0 Å². The first kappa shape index (κ1) is 25.4. The Morgan fingerprint density at radius 1 is 1.06 bits per heavy atom. The Labute approximate surface area is 218 Å². The summed E-state index contributed by atoms with van der Waals surface area (Å²) in [5.74, 6) is -0.107. The summed E-state index contributed by atoms with van der Waals surface area (Å²) in [6, 6.07) is 16.7. The van der Waals surface area contributed by atoms with Crippen LogP contribution in [0, 0.1) is 5.82 Å². The Morgan fingerprint density at radius 3 is 2.44 bits per heavy atom. The number of methoxy groups -OCH3 is 2. The molecule has 4 rings (SSSR count). The van der Waals surface area contributed by atoms with Crippen LogP contribution in [0.2, 0.25) is 5.02 Å². The molecule has 0 unspecified atom stereocenters. The standard InChI is InChI=1S/C26H23ClFN3O4S/c1-34-22-11-6-16(12-23(22)35-2)15-30-21(14-24(32)29-19-5-3-4-17(27)13-19)25(33)31(26(30)36)20-9-7-18(28)8-10-20/h3-13,21H,14-15H2,1-2H3,(H,29,32)/t21-/m0/s1. The summed E-state index contributed by atoms with van der Waals surface area (Å²) in [7, 11) is 3.08. The minimum Gasteiger partial charge on any atom is -0.493 e. The molecule has 3 aromatic rings. The summed E-state index contributed by atoms with van der Waals surface area (Å²) >= 11 is 11.7. The number of nitrogens with zero attached hydrogens (tertiary/aromatic N) is 2. The molecule has 3 aromatic carbocycles. The van der Waals surface area contributed by atoms with Crippen LogP contribution in [-0.4, -0.2) is 42.1 Å². The van der Waals surface area contributed by atoms with E-state index in [2.05, 4.69) is 5.32 Å². The minimum atomic E-state index is -0.880. The summed E-state index contributed by atoms with van der Waals surface area (Å²) in [6.45, 7) is 0.234. The first-order valence-electron chi connectivity index (χ1n) is 11.0. The molecule has 0 aliphatic carbocycles. The first-order chi connectivity index (χ1) is 17.3. The quantitative estimate of drug-likeness (QED) is 0.414. The van der Waals surface area contributed by atoms with Gasteiger partial charge >= 0.3 is 0 Å². The fourth-order valence-electron chi connectivity index (χ4n) is 3.97. The van der Waals surface area contributed by atoms with E-state index in [1.54, 1.807) is 48.4 Å². The number of rotatable bonds is 8. The third kappa shape index (κ3) is 5.42. The lowest BCUT2D eigenvalue weighted by Gasteiger charge is -2.24. The Hall–Kier alpha value is -3.69. The predicted octanol–water partition coefficient (Wildman–Crippen LogP) is 5.03. The zero-order valence-corrected chi connectivity index (χ0v) is 21.1. The molecule has 2 amide bonds. The highest BCUT2D eigenvalue weighted by Crippen LogP contribution is 2.32. The SMILES string of the molecule is COc1ccc(CN2C(=S)N(c3ccc(F)cc3)C(=O)[C@@H]2CC(=O)Nc2cccc(Cl)c2)cc1OC. The van der Waals surface area contributed by atoms with E-state index < -0.39 is 11.9 Å². The van der Waals surface area contributed by atoms with Gasteiger partial charge in [0.1, 0.15) is 11.9 Å². The van der Waals surface area contributed by atoms with Crippen molar-refractivity contribution in [1.82, 2.24) is 4.90 Å². The number of halogens is 2. The number of benzene rings is 3. The smallest absolute Gasteiger partial charge is 0.256 e. The van der Waals surface area contributed by atoms with Gasteiger partial charge in [-0.15, -0.1) is 0 Å². The summed E-state index contributed by atoms with van der Waals surface area (Å²) in [6.07, 6.45) is -0.156. The number of thiocarbonyl (C=S) groups is 1. The number of carbonyl (C=O) groups is 2. The summed E-state index contributed by atoms with van der Waals surface area (Å²) in [4.78, 5) is 29.5. The third-order valence-corrected chi connectivity index (χ3v) is 6.34. The lowest BCUT2D eigenvalue weighted by atomic mass is 10.1. The van der Waals surface area contributed by atoms with E-state index in [1.807, 2.05) is 6.07 Å². The molecular formula is C26H23ClFN3O4S. The number of nitrogens with one attached hydrogen (secondary N) is 1. The zero-order valence-electron chi connectivity index (χ0n) is 19.5. The minimum absolute atomic E-state index is 0.156. The molecule has 1 saturated heterocycles. The number of hydrogen-bond donors (Lipinski definition) is 1. The van der Waals surface area contributed by atoms with Crippen molar-refractivity contribution >= 4 is 52.1 Å². The molecule has 7 nitrogen and oxygen atoms in total. The summed E-state index contributed by atoms with van der Waals surface area (Å²) < 4.78 is 24.2. The Kier molecular flexibility index (Phi) is 7.71. The topological polar surface area (TPSA) is 71.1 Å². The maximum atomic E-state index is 13.5. The van der Waals surface area contributed by atoms with E-state index in [0.29, 0.717) is 27.9 Å². The Bertz CT molecular complexity index is 1300. The maximum absolute atomic E-state index is 13.5. The largest absolute Gasteiger partial charge is 0.493 e. The molecule has 1 aliphatic heterocycles. The van der Waals surface area contributed by atoms with Gasteiger partial charge < -0.3 is 19.7 Å². The van der Waals surface area contributed by atoms with Crippen molar-refractivity contribution in [3.63, 3.8) is 0 Å². The van der Waals surface area contributed by atoms with Gasteiger partial charge in [0.05, 0.1) is 26.3 Å². The lowest BCUT2D eigenvalue weighted by molar-refractivity contribution is -0.124. The molecule has 36 heavy (non-hydrogen) atoms. The Morgan fingerprint density at radius 2 is 1.78 bits per heavy atom. The fourth-order valence-corrected chi connectivity index (χ4v) is 4.55. The van der Waals surface area contributed by atoms with E-state index in [0.717, 1.165) is 5.56 Å². The molecule has 1 fully saturated rings. The second-order valence-electron chi connectivity index (χ2n) is 8.03. The number of amides is 2. The van der Waals surface area contributed by atoms with Gasteiger partial charge in [0.2, 0.25) is 5.91 Å². The van der Waals surface area contributed by atoms with Gasteiger partial charge in [-0.1, -0.05) is 23.7 Å². The summed E-state index contributed by atoms with van der Waals surface area (Å²) in [5.41, 5.74) is 1.73. The van der Waals surface area contributed by atoms with Gasteiger partial charge in [0.25, 0.3) is 5.91 Å². The van der Waals surface area contributed by atoms with Crippen molar-refractivity contribution in [2.45, 2.75) is 19.0 Å². The molecule has 186 valence electrons. The van der Waals surface area contributed by atoms with E-state index in [4.69, 9.17) is 33.3 Å². The van der Waals surface area contributed by atoms with E-state index >= 15 is 0 Å². The van der Waals surface area contributed by atoms with Gasteiger partial charge in [-0.3, -0.25) is 14.5 Å². The van der Waals surface area contributed by atoms with Crippen molar-refractivity contribution in [1.29, 1.82) is 0 Å². The number of carbonyl (C=O) groups excluding carboxylic acids is 2.